The Kier molecular flexibility index (Phi) is 11.9. The van der Waals surface area contributed by atoms with Crippen LogP contribution in [0, 0.1) is 0 Å². The van der Waals surface area contributed by atoms with Crippen LogP contribution in [0.15, 0.2) is 23.3 Å². The average Bonchev–Trinajstić information content (AvgIpc) is 2.55. The van der Waals surface area contributed by atoms with Gasteiger partial charge in [0, 0.05) is 30.9 Å². The number of pyridine rings is 1. The quantitative estimate of drug-likeness (QED) is 0.232. The van der Waals surface area contributed by atoms with Crippen LogP contribution in [0.25, 0.3) is 0 Å². The molecule has 1 aromatic heterocycles. The van der Waals surface area contributed by atoms with Crippen molar-refractivity contribution in [1.29, 1.82) is 0 Å². The molecule has 0 saturated heterocycles. The fourth-order valence-corrected chi connectivity index (χ4v) is 2.03. The Labute approximate surface area is 173 Å². The van der Waals surface area contributed by atoms with E-state index in [9.17, 15) is 4.79 Å². The molecule has 0 atom stereocenters. The fourth-order valence-electron chi connectivity index (χ4n) is 2.03. The Morgan fingerprint density at radius 2 is 2.04 bits per heavy atom. The largest absolute Gasteiger partial charge is 0.477 e. The lowest BCUT2D eigenvalue weighted by Gasteiger charge is -2.21. The van der Waals surface area contributed by atoms with E-state index < -0.39 is 0 Å². The van der Waals surface area contributed by atoms with Gasteiger partial charge in [-0.3, -0.25) is 9.79 Å². The van der Waals surface area contributed by atoms with E-state index in [2.05, 4.69) is 32.9 Å². The summed E-state index contributed by atoms with van der Waals surface area (Å²) >= 11 is 0. The van der Waals surface area contributed by atoms with Gasteiger partial charge in [0.1, 0.15) is 0 Å². The zero-order valence-corrected chi connectivity index (χ0v) is 18.7. The maximum Gasteiger partial charge on any atom is 0.239 e. The Balaban J connectivity index is 0.00000625. The molecular weight excluding hydrogens is 445 g/mol. The van der Waals surface area contributed by atoms with Gasteiger partial charge >= 0.3 is 0 Å². The number of unbranched alkanes of at least 4 members (excludes halogenated alkanes) is 1. The summed E-state index contributed by atoms with van der Waals surface area (Å²) in [7, 11) is 1.67. The zero-order valence-electron chi connectivity index (χ0n) is 16.4. The number of nitrogens with one attached hydrogen (secondary N) is 3. The Bertz CT molecular complexity index is 573. The van der Waals surface area contributed by atoms with Crippen LogP contribution in [0.2, 0.25) is 0 Å². The van der Waals surface area contributed by atoms with Gasteiger partial charge in [-0.2, -0.15) is 0 Å². The van der Waals surface area contributed by atoms with E-state index in [4.69, 9.17) is 4.74 Å². The average molecular weight is 477 g/mol. The van der Waals surface area contributed by atoms with Gasteiger partial charge < -0.3 is 20.7 Å². The lowest BCUT2D eigenvalue weighted by Crippen LogP contribution is -2.48. The molecular formula is C18H32IN5O2. The third-order valence-corrected chi connectivity index (χ3v) is 3.19. The maximum absolute atomic E-state index is 11.9. The van der Waals surface area contributed by atoms with Crippen LogP contribution in [0.1, 0.15) is 46.1 Å². The van der Waals surface area contributed by atoms with Gasteiger partial charge in [-0.1, -0.05) is 19.4 Å². The minimum Gasteiger partial charge on any atom is -0.477 e. The number of nitrogens with zero attached hydrogens (tertiary/aromatic N) is 2. The normalized spacial score (nSPS) is 11.3. The van der Waals surface area contributed by atoms with E-state index in [1.54, 1.807) is 13.2 Å². The number of hydrogen-bond acceptors (Lipinski definition) is 4. The van der Waals surface area contributed by atoms with Crippen LogP contribution < -0.4 is 20.7 Å². The Morgan fingerprint density at radius 1 is 1.31 bits per heavy atom. The number of ether oxygens (including phenoxy) is 1. The number of amides is 1. The van der Waals surface area contributed by atoms with Crippen molar-refractivity contribution >= 4 is 35.8 Å². The molecule has 0 aliphatic heterocycles. The zero-order chi connectivity index (χ0) is 18.7. The second kappa shape index (κ2) is 12.7. The number of rotatable bonds is 8. The first kappa shape index (κ1) is 24.4. The summed E-state index contributed by atoms with van der Waals surface area (Å²) in [4.78, 5) is 20.3. The highest BCUT2D eigenvalue weighted by Crippen LogP contribution is 2.14. The van der Waals surface area contributed by atoms with Crippen molar-refractivity contribution in [3.05, 3.63) is 23.9 Å². The molecule has 0 aliphatic rings. The molecule has 0 unspecified atom stereocenters. The number of aromatic nitrogens is 1. The predicted molar refractivity (Wildman–Crippen MR) is 116 cm³/mol. The fraction of sp³-hybridized carbons (Fsp3) is 0.611. The molecule has 1 aromatic rings. The minimum atomic E-state index is -0.254. The van der Waals surface area contributed by atoms with Gasteiger partial charge in [0.15, 0.2) is 5.96 Å². The van der Waals surface area contributed by atoms with E-state index in [-0.39, 0.29) is 42.0 Å². The van der Waals surface area contributed by atoms with Gasteiger partial charge in [0.25, 0.3) is 0 Å². The van der Waals surface area contributed by atoms with E-state index in [1.165, 1.54) is 0 Å². The lowest BCUT2D eigenvalue weighted by molar-refractivity contribution is -0.121. The summed E-state index contributed by atoms with van der Waals surface area (Å²) in [5.41, 5.74) is 0.691. The highest BCUT2D eigenvalue weighted by atomic mass is 127. The van der Waals surface area contributed by atoms with E-state index in [1.807, 2.05) is 32.9 Å². The number of hydrogen-bond donors (Lipinski definition) is 3. The maximum atomic E-state index is 11.9. The molecule has 26 heavy (non-hydrogen) atoms. The third kappa shape index (κ3) is 10.4. The first-order valence-electron chi connectivity index (χ1n) is 8.68. The van der Waals surface area contributed by atoms with Crippen molar-refractivity contribution in [3.63, 3.8) is 0 Å². The van der Waals surface area contributed by atoms with Crippen molar-refractivity contribution in [2.75, 3.05) is 20.2 Å². The molecule has 0 saturated carbocycles. The van der Waals surface area contributed by atoms with Crippen molar-refractivity contribution in [3.8, 4) is 5.88 Å². The topological polar surface area (TPSA) is 87.6 Å². The molecule has 0 fully saturated rings. The van der Waals surface area contributed by atoms with Crippen LogP contribution in [-0.2, 0) is 11.3 Å². The summed E-state index contributed by atoms with van der Waals surface area (Å²) in [5, 5.41) is 9.07. The van der Waals surface area contributed by atoms with Gasteiger partial charge in [-0.15, -0.1) is 24.0 Å². The molecule has 7 nitrogen and oxygen atoms in total. The lowest BCUT2D eigenvalue weighted by atomic mass is 10.1. The Morgan fingerprint density at radius 3 is 2.65 bits per heavy atom. The SMILES string of the molecule is CCCCOc1ncccc1CNC(=NC)NCC(=O)NC(C)(C)C.I. The van der Waals surface area contributed by atoms with Gasteiger partial charge in [0.2, 0.25) is 11.8 Å². The van der Waals surface area contributed by atoms with E-state index in [0.717, 1.165) is 18.4 Å². The van der Waals surface area contributed by atoms with Gasteiger partial charge in [-0.05, 0) is 33.3 Å². The highest BCUT2D eigenvalue weighted by Gasteiger charge is 2.13. The molecule has 0 aromatic carbocycles. The summed E-state index contributed by atoms with van der Waals surface area (Å²) in [6.07, 6.45) is 3.79. The Hall–Kier alpha value is -1.58. The molecule has 0 radical (unpaired) electrons. The standard InChI is InChI=1S/C18H31N5O2.HI/c1-6-7-11-25-16-14(9-8-10-20-16)12-21-17(19-5)22-13-15(24)23-18(2,3)4;/h8-10H,6-7,11-13H2,1-5H3,(H,23,24)(H2,19,21,22);1H. The van der Waals surface area contributed by atoms with Gasteiger partial charge in [0.05, 0.1) is 13.2 Å². The first-order valence-corrected chi connectivity index (χ1v) is 8.68. The number of guanidine groups is 1. The first-order chi connectivity index (χ1) is 11.9. The highest BCUT2D eigenvalue weighted by molar-refractivity contribution is 14.0. The second-order valence-electron chi connectivity index (χ2n) is 6.75. The molecule has 148 valence electrons. The molecule has 1 amide bonds. The van der Waals surface area contributed by atoms with E-state index >= 15 is 0 Å². The summed E-state index contributed by atoms with van der Waals surface area (Å²) in [6, 6.07) is 3.83. The number of carbonyl (C=O) groups is 1. The second-order valence-corrected chi connectivity index (χ2v) is 6.75. The molecule has 0 bridgehead atoms. The molecule has 1 rings (SSSR count). The number of halogens is 1. The van der Waals surface area contributed by atoms with Crippen LogP contribution in [0.4, 0.5) is 0 Å². The van der Waals surface area contributed by atoms with Crippen molar-refractivity contribution in [2.45, 2.75) is 52.6 Å². The third-order valence-electron chi connectivity index (χ3n) is 3.19. The van der Waals surface area contributed by atoms with Crippen LogP contribution in [0.5, 0.6) is 5.88 Å². The van der Waals surface area contributed by atoms with Crippen molar-refractivity contribution in [2.24, 2.45) is 4.99 Å². The summed E-state index contributed by atoms with van der Waals surface area (Å²) < 4.78 is 5.72. The molecule has 1 heterocycles. The summed E-state index contributed by atoms with van der Waals surface area (Å²) in [5.74, 6) is 1.09. The van der Waals surface area contributed by atoms with Crippen LogP contribution >= 0.6 is 24.0 Å². The monoisotopic (exact) mass is 477 g/mol. The summed E-state index contributed by atoms with van der Waals surface area (Å²) in [6.45, 7) is 9.28. The molecule has 0 aliphatic carbocycles. The van der Waals surface area contributed by atoms with Gasteiger partial charge in [-0.25, -0.2) is 4.98 Å². The number of carbonyl (C=O) groups excluding carboxylic acids is 1. The van der Waals surface area contributed by atoms with E-state index in [0.29, 0.717) is 25.0 Å². The van der Waals surface area contributed by atoms with Crippen LogP contribution in [0.3, 0.4) is 0 Å². The molecule has 8 heteroatoms. The number of aliphatic imine (C=N–C) groups is 1. The van der Waals surface area contributed by atoms with Crippen molar-refractivity contribution in [1.82, 2.24) is 20.9 Å². The predicted octanol–water partition coefficient (Wildman–Crippen LogP) is 2.46. The van der Waals surface area contributed by atoms with Crippen molar-refractivity contribution < 1.29 is 9.53 Å². The smallest absolute Gasteiger partial charge is 0.239 e. The molecule has 3 N–H and O–H groups in total. The minimum absolute atomic E-state index is 0. The molecule has 0 spiro atoms. The van der Waals surface area contributed by atoms with Crippen LogP contribution in [-0.4, -0.2) is 42.6 Å².